The molecule has 0 saturated carbocycles. The van der Waals surface area contributed by atoms with Crippen LogP contribution in [0.3, 0.4) is 0 Å². The van der Waals surface area contributed by atoms with Crippen LogP contribution in [0.1, 0.15) is 24.5 Å². The fraction of sp³-hybridized carbons (Fsp3) is 0.364. The lowest BCUT2D eigenvalue weighted by Gasteiger charge is -2.05. The van der Waals surface area contributed by atoms with E-state index in [1.807, 2.05) is 0 Å². The summed E-state index contributed by atoms with van der Waals surface area (Å²) in [7, 11) is 0. The zero-order chi connectivity index (χ0) is 10.6. The SMILES string of the molecule is CCC(=O)Cc1cc(F)ccc1CF. The van der Waals surface area contributed by atoms with Crippen molar-refractivity contribution in [3.8, 4) is 0 Å². The molecule has 0 radical (unpaired) electrons. The van der Waals surface area contributed by atoms with Crippen LogP contribution < -0.4 is 0 Å². The third-order valence-electron chi connectivity index (χ3n) is 2.09. The largest absolute Gasteiger partial charge is 0.299 e. The molecule has 0 amide bonds. The first kappa shape index (κ1) is 10.8. The maximum Gasteiger partial charge on any atom is 0.137 e. The summed E-state index contributed by atoms with van der Waals surface area (Å²) in [6, 6.07) is 3.81. The first-order valence-corrected chi connectivity index (χ1v) is 4.52. The summed E-state index contributed by atoms with van der Waals surface area (Å²) >= 11 is 0. The minimum absolute atomic E-state index is 0.00898. The van der Waals surface area contributed by atoms with Gasteiger partial charge in [0.25, 0.3) is 0 Å². The van der Waals surface area contributed by atoms with Gasteiger partial charge < -0.3 is 0 Å². The second kappa shape index (κ2) is 4.84. The van der Waals surface area contributed by atoms with Crippen molar-refractivity contribution in [2.45, 2.75) is 26.4 Å². The van der Waals surface area contributed by atoms with Gasteiger partial charge in [-0.05, 0) is 23.3 Å². The molecular formula is C11H12F2O. The highest BCUT2D eigenvalue weighted by atomic mass is 19.1. The normalized spacial score (nSPS) is 10.2. The van der Waals surface area contributed by atoms with E-state index in [1.165, 1.54) is 18.2 Å². The van der Waals surface area contributed by atoms with E-state index in [9.17, 15) is 13.6 Å². The number of hydrogen-bond donors (Lipinski definition) is 0. The second-order valence-electron chi connectivity index (χ2n) is 3.12. The quantitative estimate of drug-likeness (QED) is 0.727. The van der Waals surface area contributed by atoms with Crippen LogP contribution in [-0.4, -0.2) is 5.78 Å². The van der Waals surface area contributed by atoms with Gasteiger partial charge in [0.05, 0.1) is 0 Å². The monoisotopic (exact) mass is 198 g/mol. The van der Waals surface area contributed by atoms with Crippen LogP contribution in [0.5, 0.6) is 0 Å². The lowest BCUT2D eigenvalue weighted by molar-refractivity contribution is -0.118. The lowest BCUT2D eigenvalue weighted by atomic mass is 10.0. The zero-order valence-corrected chi connectivity index (χ0v) is 8.02. The van der Waals surface area contributed by atoms with Crippen LogP contribution in [0.4, 0.5) is 8.78 Å². The van der Waals surface area contributed by atoms with E-state index in [2.05, 4.69) is 0 Å². The standard InChI is InChI=1S/C11H12F2O/c1-2-11(14)6-9-5-10(13)4-3-8(9)7-12/h3-5H,2,6-7H2,1H3. The Morgan fingerprint density at radius 1 is 1.36 bits per heavy atom. The Morgan fingerprint density at radius 2 is 2.07 bits per heavy atom. The van der Waals surface area contributed by atoms with Crippen LogP contribution >= 0.6 is 0 Å². The molecule has 0 spiro atoms. The van der Waals surface area contributed by atoms with Crippen molar-refractivity contribution in [3.63, 3.8) is 0 Å². The van der Waals surface area contributed by atoms with Gasteiger partial charge in [-0.15, -0.1) is 0 Å². The molecule has 0 fully saturated rings. The summed E-state index contributed by atoms with van der Waals surface area (Å²) in [6.07, 6.45) is 0.510. The number of carbonyl (C=O) groups excluding carboxylic acids is 1. The van der Waals surface area contributed by atoms with Gasteiger partial charge in [0.1, 0.15) is 18.3 Å². The number of ketones is 1. The van der Waals surface area contributed by atoms with E-state index >= 15 is 0 Å². The molecule has 14 heavy (non-hydrogen) atoms. The molecule has 0 aliphatic heterocycles. The number of alkyl halides is 1. The van der Waals surface area contributed by atoms with Crippen LogP contribution in [0.15, 0.2) is 18.2 Å². The summed E-state index contributed by atoms with van der Waals surface area (Å²) in [5.74, 6) is -0.439. The number of benzene rings is 1. The Hall–Kier alpha value is -1.25. The predicted molar refractivity (Wildman–Crippen MR) is 50.2 cm³/mol. The third-order valence-corrected chi connectivity index (χ3v) is 2.09. The van der Waals surface area contributed by atoms with Crippen LogP contribution in [0.2, 0.25) is 0 Å². The van der Waals surface area contributed by atoms with Crippen LogP contribution in [0, 0.1) is 5.82 Å². The fourth-order valence-corrected chi connectivity index (χ4v) is 1.23. The van der Waals surface area contributed by atoms with Gasteiger partial charge >= 0.3 is 0 Å². The summed E-state index contributed by atoms with van der Waals surface area (Å²) < 4.78 is 25.2. The van der Waals surface area contributed by atoms with E-state index in [1.54, 1.807) is 6.92 Å². The second-order valence-corrected chi connectivity index (χ2v) is 3.12. The molecule has 1 aromatic rings. The first-order valence-electron chi connectivity index (χ1n) is 4.52. The molecule has 3 heteroatoms. The zero-order valence-electron chi connectivity index (χ0n) is 8.02. The van der Waals surface area contributed by atoms with Gasteiger partial charge in [-0.3, -0.25) is 4.79 Å². The van der Waals surface area contributed by atoms with Gasteiger partial charge in [-0.1, -0.05) is 13.0 Å². The van der Waals surface area contributed by atoms with E-state index in [-0.39, 0.29) is 12.2 Å². The Bertz CT molecular complexity index is 334. The molecule has 0 aromatic heterocycles. The van der Waals surface area contributed by atoms with Gasteiger partial charge in [-0.2, -0.15) is 0 Å². The summed E-state index contributed by atoms with van der Waals surface area (Å²) in [5, 5.41) is 0. The molecule has 0 N–H and O–H groups in total. The summed E-state index contributed by atoms with van der Waals surface area (Å²) in [6.45, 7) is 1.07. The molecule has 0 heterocycles. The molecule has 0 atom stereocenters. The van der Waals surface area contributed by atoms with Crippen molar-refractivity contribution >= 4 is 5.78 Å². The van der Waals surface area contributed by atoms with Crippen molar-refractivity contribution in [1.29, 1.82) is 0 Å². The Morgan fingerprint density at radius 3 is 2.64 bits per heavy atom. The van der Waals surface area contributed by atoms with Crippen molar-refractivity contribution in [2.75, 3.05) is 0 Å². The fourth-order valence-electron chi connectivity index (χ4n) is 1.23. The van der Waals surface area contributed by atoms with Crippen LogP contribution in [-0.2, 0) is 17.9 Å². The average molecular weight is 198 g/mol. The highest BCUT2D eigenvalue weighted by Crippen LogP contribution is 2.14. The number of Topliss-reactive ketones (excluding diaryl/α,β-unsaturated/α-hetero) is 1. The topological polar surface area (TPSA) is 17.1 Å². The summed E-state index contributed by atoms with van der Waals surface area (Å²) in [4.78, 5) is 11.1. The van der Waals surface area contributed by atoms with Crippen molar-refractivity contribution in [2.24, 2.45) is 0 Å². The predicted octanol–water partition coefficient (Wildman–Crippen LogP) is 2.82. The molecule has 0 bridgehead atoms. The molecule has 1 rings (SSSR count). The van der Waals surface area contributed by atoms with Crippen molar-refractivity contribution in [1.82, 2.24) is 0 Å². The molecule has 0 saturated heterocycles. The van der Waals surface area contributed by atoms with E-state index < -0.39 is 12.5 Å². The lowest BCUT2D eigenvalue weighted by Crippen LogP contribution is -2.03. The molecule has 1 aromatic carbocycles. The number of hydrogen-bond acceptors (Lipinski definition) is 1. The Balaban J connectivity index is 2.93. The molecule has 0 aliphatic rings. The van der Waals surface area contributed by atoms with Gasteiger partial charge in [-0.25, -0.2) is 8.78 Å². The summed E-state index contributed by atoms with van der Waals surface area (Å²) in [5.41, 5.74) is 0.854. The number of carbonyl (C=O) groups is 1. The number of rotatable bonds is 4. The van der Waals surface area contributed by atoms with E-state index in [0.29, 0.717) is 17.5 Å². The highest BCUT2D eigenvalue weighted by Gasteiger charge is 2.07. The number of halogens is 2. The molecule has 1 nitrogen and oxygen atoms in total. The highest BCUT2D eigenvalue weighted by molar-refractivity contribution is 5.80. The molecule has 0 aliphatic carbocycles. The van der Waals surface area contributed by atoms with Gasteiger partial charge in [0, 0.05) is 12.8 Å². The van der Waals surface area contributed by atoms with Crippen molar-refractivity contribution in [3.05, 3.63) is 35.1 Å². The van der Waals surface area contributed by atoms with Crippen molar-refractivity contribution < 1.29 is 13.6 Å². The minimum Gasteiger partial charge on any atom is -0.299 e. The smallest absolute Gasteiger partial charge is 0.137 e. The van der Waals surface area contributed by atoms with Gasteiger partial charge in [0.2, 0.25) is 0 Å². The first-order chi connectivity index (χ1) is 6.67. The van der Waals surface area contributed by atoms with E-state index in [4.69, 9.17) is 0 Å². The minimum atomic E-state index is -0.660. The van der Waals surface area contributed by atoms with Gasteiger partial charge in [0.15, 0.2) is 0 Å². The van der Waals surface area contributed by atoms with Crippen LogP contribution in [0.25, 0.3) is 0 Å². The molecular weight excluding hydrogens is 186 g/mol. The maximum atomic E-state index is 12.8. The Labute approximate surface area is 81.7 Å². The molecule has 0 unspecified atom stereocenters. The Kier molecular flexibility index (Phi) is 3.74. The average Bonchev–Trinajstić information content (AvgIpc) is 2.18. The third kappa shape index (κ3) is 2.62. The van der Waals surface area contributed by atoms with E-state index in [0.717, 1.165) is 0 Å². The maximum absolute atomic E-state index is 12.8. The molecule has 76 valence electrons.